The third kappa shape index (κ3) is 7.20. The Morgan fingerprint density at radius 2 is 0.891 bits per heavy atom. The van der Waals surface area contributed by atoms with E-state index in [0.29, 0.717) is 24.4 Å². The first-order valence-corrected chi connectivity index (χ1v) is 26.4. The number of nitrogens with zero attached hydrogens (tertiary/aromatic N) is 1. The van der Waals surface area contributed by atoms with Gasteiger partial charge in [0.05, 0.1) is 24.4 Å². The highest BCUT2D eigenvalue weighted by Crippen LogP contribution is 2.59. The average Bonchev–Trinajstić information content (AvgIpc) is 3.83. The molecule has 310 valence electrons. The van der Waals surface area contributed by atoms with Crippen molar-refractivity contribution in [3.63, 3.8) is 0 Å². The van der Waals surface area contributed by atoms with Crippen molar-refractivity contribution in [1.29, 1.82) is 0 Å². The Morgan fingerprint density at radius 3 is 1.71 bits per heavy atom. The molecule has 15 atom stereocenters. The summed E-state index contributed by atoms with van der Waals surface area (Å²) in [7, 11) is 0. The van der Waals surface area contributed by atoms with Gasteiger partial charge in [0.25, 0.3) is 0 Å². The molecule has 15 unspecified atom stereocenters. The number of ether oxygens (including phenoxy) is 2. The second kappa shape index (κ2) is 16.7. The van der Waals surface area contributed by atoms with Gasteiger partial charge in [0, 0.05) is 24.0 Å². The quantitative estimate of drug-likeness (QED) is 0.269. The summed E-state index contributed by atoms with van der Waals surface area (Å²) in [6.07, 6.45) is 51.9. The first-order valence-electron chi connectivity index (χ1n) is 26.4. The molecule has 3 heteroatoms. The largest absolute Gasteiger partial charge is 0.374 e. The zero-order valence-corrected chi connectivity index (χ0v) is 35.6. The second-order valence-corrected chi connectivity index (χ2v) is 23.1. The van der Waals surface area contributed by atoms with Crippen molar-refractivity contribution < 1.29 is 9.47 Å². The Bertz CT molecular complexity index is 1250. The van der Waals surface area contributed by atoms with E-state index < -0.39 is 0 Å². The highest BCUT2D eigenvalue weighted by atomic mass is 16.5. The topological polar surface area (TPSA) is 21.7 Å². The Hall–Kier alpha value is -0.120. The summed E-state index contributed by atoms with van der Waals surface area (Å²) in [6.45, 7) is 0. The lowest BCUT2D eigenvalue weighted by atomic mass is 9.57. The minimum absolute atomic E-state index is 0.519. The highest BCUT2D eigenvalue weighted by molar-refractivity contribution is 5.09. The first-order chi connectivity index (χ1) is 27.3. The fraction of sp³-hybridized carbons (Fsp3) is 1.00. The lowest BCUT2D eigenvalue weighted by Crippen LogP contribution is -2.59. The molecule has 11 aliphatic rings. The molecule has 0 bridgehead atoms. The van der Waals surface area contributed by atoms with E-state index in [9.17, 15) is 0 Å². The Labute approximate surface area is 338 Å². The maximum atomic E-state index is 7.64. The molecule has 3 nitrogen and oxygen atoms in total. The molecule has 0 aromatic rings. The van der Waals surface area contributed by atoms with Crippen LogP contribution in [0.15, 0.2) is 0 Å². The number of hydrogen-bond acceptors (Lipinski definition) is 3. The normalized spacial score (nSPS) is 51.1. The van der Waals surface area contributed by atoms with Crippen LogP contribution in [0, 0.1) is 71.0 Å². The molecular weight excluding hydrogens is 671 g/mol. The number of rotatable bonds is 6. The van der Waals surface area contributed by atoms with E-state index in [4.69, 9.17) is 9.47 Å². The van der Waals surface area contributed by atoms with Gasteiger partial charge in [-0.3, -0.25) is 4.90 Å². The monoisotopic (exact) mass is 756 g/mol. The van der Waals surface area contributed by atoms with Crippen molar-refractivity contribution in [3.05, 3.63) is 0 Å². The fourth-order valence-electron chi connectivity index (χ4n) is 18.8. The van der Waals surface area contributed by atoms with Crippen LogP contribution >= 0.6 is 0 Å². The van der Waals surface area contributed by atoms with E-state index in [1.165, 1.54) is 148 Å². The van der Waals surface area contributed by atoms with E-state index in [1.54, 1.807) is 64.2 Å². The number of hydrogen-bond donors (Lipinski definition) is 0. The molecule has 55 heavy (non-hydrogen) atoms. The van der Waals surface area contributed by atoms with Gasteiger partial charge >= 0.3 is 0 Å². The minimum atomic E-state index is 0.519. The Morgan fingerprint density at radius 1 is 0.291 bits per heavy atom. The van der Waals surface area contributed by atoms with Gasteiger partial charge in [0.1, 0.15) is 0 Å². The fourth-order valence-corrected chi connectivity index (χ4v) is 18.8. The van der Waals surface area contributed by atoms with E-state index >= 15 is 0 Å². The molecule has 9 saturated carbocycles. The van der Waals surface area contributed by atoms with Gasteiger partial charge < -0.3 is 9.47 Å². The maximum absolute atomic E-state index is 7.64. The molecule has 2 aliphatic heterocycles. The van der Waals surface area contributed by atoms with Crippen molar-refractivity contribution in [1.82, 2.24) is 4.90 Å². The van der Waals surface area contributed by atoms with Crippen molar-refractivity contribution >= 4 is 0 Å². The maximum Gasteiger partial charge on any atom is 0.0667 e. The zero-order valence-electron chi connectivity index (χ0n) is 35.6. The third-order valence-corrected chi connectivity index (χ3v) is 20.9. The van der Waals surface area contributed by atoms with Crippen LogP contribution in [0.4, 0.5) is 0 Å². The van der Waals surface area contributed by atoms with Crippen LogP contribution in [0.2, 0.25) is 0 Å². The molecule has 11 rings (SSSR count). The lowest BCUT2D eigenvalue weighted by Gasteiger charge is -2.57. The molecule has 9 aliphatic carbocycles. The summed E-state index contributed by atoms with van der Waals surface area (Å²) >= 11 is 0. The van der Waals surface area contributed by atoms with Crippen LogP contribution in [-0.4, -0.2) is 47.4 Å². The van der Waals surface area contributed by atoms with Gasteiger partial charge in [-0.2, -0.15) is 0 Å². The van der Waals surface area contributed by atoms with E-state index in [1.807, 2.05) is 0 Å². The second-order valence-electron chi connectivity index (χ2n) is 23.1. The van der Waals surface area contributed by atoms with Gasteiger partial charge in [0.15, 0.2) is 0 Å². The summed E-state index contributed by atoms with van der Waals surface area (Å²) in [4.78, 5) is 3.46. The predicted molar refractivity (Wildman–Crippen MR) is 225 cm³/mol. The van der Waals surface area contributed by atoms with Crippen LogP contribution in [-0.2, 0) is 9.47 Å². The van der Waals surface area contributed by atoms with E-state index in [2.05, 4.69) is 4.90 Å². The van der Waals surface area contributed by atoms with Crippen LogP contribution < -0.4 is 0 Å². The molecular formula is C52H85NO2. The summed E-state index contributed by atoms with van der Waals surface area (Å²) in [5.74, 6) is 11.3. The molecule has 2 saturated heterocycles. The lowest BCUT2D eigenvalue weighted by molar-refractivity contribution is -0.0962. The zero-order chi connectivity index (χ0) is 36.3. The standard InChI is InChI=1S/C52H85NO2/c1-3-13-34(14-4-1)35-25-27-38(28-26-35)53(47-31-29-40(36-15-5-2-6-16-36)42-19-7-8-20-43(42)47)39-18-11-17-37(33-39)41-22-12-23-44-45-30-32-49-50(52(45)55-51(41)44)46-21-9-10-24-48(46)54-49/h34-52H,1-33H2. The van der Waals surface area contributed by atoms with Crippen LogP contribution in [0.1, 0.15) is 212 Å². The third-order valence-electron chi connectivity index (χ3n) is 20.9. The molecule has 0 amide bonds. The molecule has 2 heterocycles. The summed E-state index contributed by atoms with van der Waals surface area (Å²) < 4.78 is 14.5. The van der Waals surface area contributed by atoms with E-state index in [0.717, 1.165) is 89.1 Å². The highest BCUT2D eigenvalue weighted by Gasteiger charge is 2.60. The Kier molecular flexibility index (Phi) is 11.5. The van der Waals surface area contributed by atoms with Crippen LogP contribution in [0.5, 0.6) is 0 Å². The molecule has 0 N–H and O–H groups in total. The molecule has 0 aromatic carbocycles. The first kappa shape index (κ1) is 37.8. The van der Waals surface area contributed by atoms with Crippen molar-refractivity contribution in [2.75, 3.05) is 0 Å². The number of fused-ring (bicyclic) bond motifs is 8. The average molecular weight is 756 g/mol. The molecule has 0 aromatic heterocycles. The molecule has 0 spiro atoms. The SMILES string of the molecule is C1CCC(C2CCC(N(C3CCCC(C4CCCC5C6CCC7OC8CCCCC8C7C6OC45)C3)C3CCC(C4CCCCC4)C4CCCCC43)CC2)CC1. The summed E-state index contributed by atoms with van der Waals surface area (Å²) in [5, 5.41) is 0. The molecule has 11 fully saturated rings. The van der Waals surface area contributed by atoms with Crippen LogP contribution in [0.25, 0.3) is 0 Å². The minimum Gasteiger partial charge on any atom is -0.374 e. The van der Waals surface area contributed by atoms with Gasteiger partial charge in [-0.25, -0.2) is 0 Å². The van der Waals surface area contributed by atoms with Gasteiger partial charge in [-0.15, -0.1) is 0 Å². The smallest absolute Gasteiger partial charge is 0.0667 e. The molecule has 0 radical (unpaired) electrons. The van der Waals surface area contributed by atoms with Crippen molar-refractivity contribution in [2.45, 2.75) is 254 Å². The Balaban J connectivity index is 0.836. The summed E-state index contributed by atoms with van der Waals surface area (Å²) in [6, 6.07) is 2.64. The van der Waals surface area contributed by atoms with Crippen LogP contribution in [0.3, 0.4) is 0 Å². The van der Waals surface area contributed by atoms with Gasteiger partial charge in [-0.1, -0.05) is 103 Å². The van der Waals surface area contributed by atoms with Gasteiger partial charge in [0.2, 0.25) is 0 Å². The van der Waals surface area contributed by atoms with Gasteiger partial charge in [-0.05, 0) is 174 Å². The van der Waals surface area contributed by atoms with Crippen molar-refractivity contribution in [3.8, 4) is 0 Å². The van der Waals surface area contributed by atoms with E-state index in [-0.39, 0.29) is 0 Å². The predicted octanol–water partition coefficient (Wildman–Crippen LogP) is 13.3. The van der Waals surface area contributed by atoms with Crippen molar-refractivity contribution in [2.24, 2.45) is 71.0 Å². The summed E-state index contributed by atoms with van der Waals surface area (Å²) in [5.41, 5.74) is 0.